The molecule has 1 N–H and O–H groups in total. The zero-order valence-electron chi connectivity index (χ0n) is 11.5. The summed E-state index contributed by atoms with van der Waals surface area (Å²) >= 11 is 0. The summed E-state index contributed by atoms with van der Waals surface area (Å²) in [6, 6.07) is 6.31. The number of aryl methyl sites for hydroxylation is 2. The molecule has 0 amide bonds. The normalized spacial score (nSPS) is 21.8. The highest BCUT2D eigenvalue weighted by atomic mass is 16.5. The van der Waals surface area contributed by atoms with Gasteiger partial charge in [0, 0.05) is 6.61 Å². The van der Waals surface area contributed by atoms with Crippen LogP contribution in [0.3, 0.4) is 0 Å². The smallest absolute Gasteiger partial charge is 0.0605 e. The van der Waals surface area contributed by atoms with Gasteiger partial charge < -0.3 is 9.84 Å². The summed E-state index contributed by atoms with van der Waals surface area (Å²) in [4.78, 5) is 0. The third kappa shape index (κ3) is 3.56. The highest BCUT2D eigenvalue weighted by molar-refractivity contribution is 5.33. The van der Waals surface area contributed by atoms with Gasteiger partial charge >= 0.3 is 0 Å². The Balaban J connectivity index is 1.92. The van der Waals surface area contributed by atoms with Gasteiger partial charge in [0.15, 0.2) is 0 Å². The second-order valence-electron chi connectivity index (χ2n) is 5.45. The fourth-order valence-electron chi connectivity index (χ4n) is 2.79. The van der Waals surface area contributed by atoms with Gasteiger partial charge in [0.05, 0.1) is 12.2 Å². The highest BCUT2D eigenvalue weighted by Gasteiger charge is 2.19. The summed E-state index contributed by atoms with van der Waals surface area (Å²) in [6.45, 7) is 5.10. The molecule has 0 aromatic heterocycles. The summed E-state index contributed by atoms with van der Waals surface area (Å²) in [7, 11) is 0. The van der Waals surface area contributed by atoms with E-state index in [1.165, 1.54) is 29.5 Å². The Kier molecular flexibility index (Phi) is 4.79. The summed E-state index contributed by atoms with van der Waals surface area (Å²) < 4.78 is 5.69. The summed E-state index contributed by atoms with van der Waals surface area (Å²) in [5.41, 5.74) is 3.85. The van der Waals surface area contributed by atoms with Gasteiger partial charge in [-0.15, -0.1) is 0 Å². The number of ether oxygens (including phenoxy) is 1. The van der Waals surface area contributed by atoms with Crippen molar-refractivity contribution in [2.24, 2.45) is 0 Å². The average molecular weight is 248 g/mol. The predicted molar refractivity (Wildman–Crippen MR) is 73.8 cm³/mol. The van der Waals surface area contributed by atoms with E-state index in [2.05, 4.69) is 32.0 Å². The summed E-state index contributed by atoms with van der Waals surface area (Å²) in [5, 5.41) is 10.2. The van der Waals surface area contributed by atoms with Crippen molar-refractivity contribution in [2.45, 2.75) is 58.2 Å². The lowest BCUT2D eigenvalue weighted by molar-refractivity contribution is -0.0148. The second kappa shape index (κ2) is 6.35. The van der Waals surface area contributed by atoms with Gasteiger partial charge in [0.1, 0.15) is 0 Å². The minimum Gasteiger partial charge on any atom is -0.393 e. The van der Waals surface area contributed by atoms with E-state index in [1.807, 2.05) is 0 Å². The fraction of sp³-hybridized carbons (Fsp3) is 0.625. The van der Waals surface area contributed by atoms with E-state index in [0.717, 1.165) is 25.9 Å². The maximum absolute atomic E-state index is 10.2. The molecule has 1 aromatic carbocycles. The van der Waals surface area contributed by atoms with E-state index in [-0.39, 0.29) is 12.2 Å². The third-order valence-electron chi connectivity index (χ3n) is 3.89. The van der Waals surface area contributed by atoms with Crippen molar-refractivity contribution in [3.05, 3.63) is 34.9 Å². The van der Waals surface area contributed by atoms with E-state index >= 15 is 0 Å². The van der Waals surface area contributed by atoms with Crippen molar-refractivity contribution < 1.29 is 9.84 Å². The Morgan fingerprint density at radius 3 is 2.61 bits per heavy atom. The lowest BCUT2D eigenvalue weighted by Crippen LogP contribution is -2.26. The van der Waals surface area contributed by atoms with E-state index in [1.54, 1.807) is 0 Å². The first-order valence-corrected chi connectivity index (χ1v) is 7.01. The molecule has 1 aromatic rings. The molecule has 1 heterocycles. The molecule has 2 nitrogen and oxygen atoms in total. The molecule has 0 radical (unpaired) electrons. The van der Waals surface area contributed by atoms with Crippen LogP contribution in [0.25, 0.3) is 0 Å². The molecule has 2 rings (SSSR count). The van der Waals surface area contributed by atoms with Crippen LogP contribution in [0.2, 0.25) is 0 Å². The zero-order valence-corrected chi connectivity index (χ0v) is 11.5. The molecule has 1 saturated heterocycles. The number of rotatable bonds is 4. The molecule has 18 heavy (non-hydrogen) atoms. The van der Waals surface area contributed by atoms with Crippen LogP contribution in [0.5, 0.6) is 0 Å². The average Bonchev–Trinajstić information content (AvgIpc) is 2.35. The largest absolute Gasteiger partial charge is 0.393 e. The van der Waals surface area contributed by atoms with Crippen molar-refractivity contribution >= 4 is 0 Å². The van der Waals surface area contributed by atoms with Gasteiger partial charge in [-0.2, -0.15) is 0 Å². The molecule has 2 unspecified atom stereocenters. The quantitative estimate of drug-likeness (QED) is 0.887. The SMILES string of the molecule is Cc1cccc(C)c1CC(O)CC1CCCCO1. The Bertz CT molecular complexity index is 360. The minimum atomic E-state index is -0.284. The zero-order chi connectivity index (χ0) is 13.0. The van der Waals surface area contributed by atoms with Crippen molar-refractivity contribution in [3.63, 3.8) is 0 Å². The van der Waals surface area contributed by atoms with Crippen LogP contribution < -0.4 is 0 Å². The molecule has 0 saturated carbocycles. The highest BCUT2D eigenvalue weighted by Crippen LogP contribution is 2.21. The Labute approximate surface area is 110 Å². The number of hydrogen-bond acceptors (Lipinski definition) is 2. The van der Waals surface area contributed by atoms with Gasteiger partial charge in [-0.3, -0.25) is 0 Å². The summed E-state index contributed by atoms with van der Waals surface area (Å²) in [5.74, 6) is 0. The maximum Gasteiger partial charge on any atom is 0.0605 e. The van der Waals surface area contributed by atoms with Crippen LogP contribution in [0.1, 0.15) is 42.4 Å². The minimum absolute atomic E-state index is 0.262. The van der Waals surface area contributed by atoms with E-state index < -0.39 is 0 Å². The second-order valence-corrected chi connectivity index (χ2v) is 5.45. The maximum atomic E-state index is 10.2. The van der Waals surface area contributed by atoms with E-state index in [4.69, 9.17) is 4.74 Å². The molecule has 1 aliphatic rings. The first-order valence-electron chi connectivity index (χ1n) is 7.01. The van der Waals surface area contributed by atoms with Crippen LogP contribution in [0.4, 0.5) is 0 Å². The molecule has 0 bridgehead atoms. The molecule has 0 spiro atoms. The predicted octanol–water partition coefficient (Wildman–Crippen LogP) is 3.17. The Morgan fingerprint density at radius 1 is 1.28 bits per heavy atom. The number of aliphatic hydroxyl groups is 1. The first kappa shape index (κ1) is 13.6. The van der Waals surface area contributed by atoms with Gasteiger partial charge in [0.2, 0.25) is 0 Å². The molecule has 2 heteroatoms. The lowest BCUT2D eigenvalue weighted by atomic mass is 9.94. The third-order valence-corrected chi connectivity index (χ3v) is 3.89. The van der Waals surface area contributed by atoms with Gasteiger partial charge in [-0.25, -0.2) is 0 Å². The van der Waals surface area contributed by atoms with Crippen molar-refractivity contribution in [1.29, 1.82) is 0 Å². The fourth-order valence-corrected chi connectivity index (χ4v) is 2.79. The van der Waals surface area contributed by atoms with Crippen LogP contribution in [-0.2, 0) is 11.2 Å². The van der Waals surface area contributed by atoms with Crippen molar-refractivity contribution in [1.82, 2.24) is 0 Å². The Morgan fingerprint density at radius 2 is 2.00 bits per heavy atom. The number of hydrogen-bond donors (Lipinski definition) is 1. The standard InChI is InChI=1S/C16H24O2/c1-12-6-5-7-13(2)16(12)11-14(17)10-15-8-3-4-9-18-15/h5-7,14-15,17H,3-4,8-11H2,1-2H3. The van der Waals surface area contributed by atoms with Crippen molar-refractivity contribution in [2.75, 3.05) is 6.61 Å². The molecule has 100 valence electrons. The topological polar surface area (TPSA) is 29.5 Å². The monoisotopic (exact) mass is 248 g/mol. The van der Waals surface area contributed by atoms with E-state index in [0.29, 0.717) is 0 Å². The molecule has 2 atom stereocenters. The van der Waals surface area contributed by atoms with Crippen LogP contribution >= 0.6 is 0 Å². The lowest BCUT2D eigenvalue weighted by Gasteiger charge is -2.25. The molecule has 1 fully saturated rings. The van der Waals surface area contributed by atoms with Gasteiger partial charge in [-0.1, -0.05) is 18.2 Å². The molecule has 0 aliphatic carbocycles. The number of aliphatic hydroxyl groups excluding tert-OH is 1. The van der Waals surface area contributed by atoms with Crippen molar-refractivity contribution in [3.8, 4) is 0 Å². The summed E-state index contributed by atoms with van der Waals surface area (Å²) in [6.07, 6.45) is 5.01. The Hall–Kier alpha value is -0.860. The van der Waals surface area contributed by atoms with Gasteiger partial charge in [-0.05, 0) is 62.6 Å². The van der Waals surface area contributed by atoms with E-state index in [9.17, 15) is 5.11 Å². The van der Waals surface area contributed by atoms with Crippen LogP contribution in [-0.4, -0.2) is 23.9 Å². The molecular formula is C16H24O2. The molecular weight excluding hydrogens is 224 g/mol. The molecule has 1 aliphatic heterocycles. The van der Waals surface area contributed by atoms with Crippen LogP contribution in [0, 0.1) is 13.8 Å². The number of benzene rings is 1. The first-order chi connectivity index (χ1) is 8.66. The van der Waals surface area contributed by atoms with Crippen LogP contribution in [0.15, 0.2) is 18.2 Å². The van der Waals surface area contributed by atoms with Gasteiger partial charge in [0.25, 0.3) is 0 Å².